The summed E-state index contributed by atoms with van der Waals surface area (Å²) in [5.74, 6) is 4.40. The summed E-state index contributed by atoms with van der Waals surface area (Å²) in [5.41, 5.74) is 3.82. The van der Waals surface area contributed by atoms with E-state index in [-0.39, 0.29) is 0 Å². The first kappa shape index (κ1) is 17.7. The second-order valence-corrected chi connectivity index (χ2v) is 8.71. The van der Waals surface area contributed by atoms with Gasteiger partial charge in [0.05, 0.1) is 0 Å². The number of amides is 1. The number of carbonyl (C=O) groups is 1. The van der Waals surface area contributed by atoms with Crippen LogP contribution in [-0.2, 0) is 11.3 Å². The molecule has 4 aliphatic carbocycles. The van der Waals surface area contributed by atoms with Crippen LogP contribution in [0.5, 0.6) is 0 Å². The molecule has 5 rings (SSSR count). The maximum Gasteiger partial charge on any atom is 0.267 e. The number of nitrogens with one attached hydrogen (secondary N) is 2. The monoisotopic (exact) mass is 354 g/mol. The van der Waals surface area contributed by atoms with E-state index >= 15 is 0 Å². The smallest absolute Gasteiger partial charge is 0.267 e. The minimum Gasteiger partial charge on any atom is -0.312 e. The summed E-state index contributed by atoms with van der Waals surface area (Å²) in [7, 11) is 0. The molecule has 4 saturated carbocycles. The molecule has 0 aliphatic heterocycles. The van der Waals surface area contributed by atoms with Crippen molar-refractivity contribution in [1.29, 1.82) is 0 Å². The van der Waals surface area contributed by atoms with Crippen molar-refractivity contribution in [1.82, 2.24) is 10.8 Å². The fourth-order valence-electron chi connectivity index (χ4n) is 5.85. The Morgan fingerprint density at radius 3 is 2.31 bits per heavy atom. The average Bonchev–Trinajstić information content (AvgIpc) is 2.84. The van der Waals surface area contributed by atoms with Crippen LogP contribution in [0.15, 0.2) is 30.3 Å². The Bertz CT molecular complexity index is 641. The van der Waals surface area contributed by atoms with Crippen LogP contribution in [0, 0.1) is 29.6 Å². The summed E-state index contributed by atoms with van der Waals surface area (Å²) in [5, 5.41) is 12.2. The van der Waals surface area contributed by atoms with Crippen molar-refractivity contribution >= 4 is 12.0 Å². The predicted molar refractivity (Wildman–Crippen MR) is 102 cm³/mol. The highest BCUT2D eigenvalue weighted by atomic mass is 16.5. The molecule has 1 aromatic rings. The highest BCUT2D eigenvalue weighted by Crippen LogP contribution is 2.53. The van der Waals surface area contributed by atoms with Crippen molar-refractivity contribution < 1.29 is 10.0 Å². The lowest BCUT2D eigenvalue weighted by Crippen LogP contribution is -2.31. The minimum absolute atomic E-state index is 0.512. The molecule has 1 amide bonds. The summed E-state index contributed by atoms with van der Waals surface area (Å²) >= 11 is 0. The molecule has 0 aromatic heterocycles. The number of fused-ring (bicyclic) bond motifs is 1. The van der Waals surface area contributed by atoms with Gasteiger partial charge in [0.1, 0.15) is 0 Å². The molecule has 4 heteroatoms. The summed E-state index contributed by atoms with van der Waals surface area (Å²) in [4.78, 5) is 11.0. The Balaban J connectivity index is 1.27. The van der Waals surface area contributed by atoms with E-state index in [0.29, 0.717) is 0 Å². The molecule has 26 heavy (non-hydrogen) atoms. The maximum absolute atomic E-state index is 11.0. The van der Waals surface area contributed by atoms with Gasteiger partial charge in [0.15, 0.2) is 0 Å². The average molecular weight is 354 g/mol. The summed E-state index contributed by atoms with van der Waals surface area (Å²) in [6.07, 6.45) is 12.0. The highest BCUT2D eigenvalue weighted by Gasteiger charge is 2.43. The SMILES string of the molecule is O=C(/C=C/c1ccc(CNCC2CC3CC4CC(C3)CC2C4)cc1)NO. The van der Waals surface area contributed by atoms with E-state index in [1.807, 2.05) is 12.1 Å². The third-order valence-corrected chi connectivity index (χ3v) is 6.83. The molecule has 4 fully saturated rings. The third-order valence-electron chi connectivity index (χ3n) is 6.83. The van der Waals surface area contributed by atoms with Gasteiger partial charge in [0.25, 0.3) is 5.91 Å². The van der Waals surface area contributed by atoms with Gasteiger partial charge in [0.2, 0.25) is 0 Å². The van der Waals surface area contributed by atoms with Crippen molar-refractivity contribution in [3.05, 3.63) is 41.5 Å². The molecule has 140 valence electrons. The molecule has 3 N–H and O–H groups in total. The van der Waals surface area contributed by atoms with Gasteiger partial charge in [-0.05, 0) is 91.9 Å². The molecule has 3 unspecified atom stereocenters. The Labute approximate surface area is 156 Å². The van der Waals surface area contributed by atoms with Crippen LogP contribution in [0.4, 0.5) is 0 Å². The van der Waals surface area contributed by atoms with Crippen molar-refractivity contribution in [2.45, 2.75) is 45.1 Å². The quantitative estimate of drug-likeness (QED) is 0.414. The largest absolute Gasteiger partial charge is 0.312 e. The van der Waals surface area contributed by atoms with E-state index < -0.39 is 5.91 Å². The van der Waals surface area contributed by atoms with Crippen molar-refractivity contribution in [3.63, 3.8) is 0 Å². The first-order valence-electron chi connectivity index (χ1n) is 10.1. The normalized spacial score (nSPS) is 32.7. The van der Waals surface area contributed by atoms with Gasteiger partial charge >= 0.3 is 0 Å². The summed E-state index contributed by atoms with van der Waals surface area (Å²) < 4.78 is 0. The Hall–Kier alpha value is -1.65. The van der Waals surface area contributed by atoms with Gasteiger partial charge in [0, 0.05) is 12.6 Å². The fourth-order valence-corrected chi connectivity index (χ4v) is 5.85. The molecule has 0 saturated heterocycles. The van der Waals surface area contributed by atoms with Crippen molar-refractivity contribution in [3.8, 4) is 0 Å². The van der Waals surface area contributed by atoms with Gasteiger partial charge in [-0.15, -0.1) is 0 Å². The van der Waals surface area contributed by atoms with Gasteiger partial charge < -0.3 is 5.32 Å². The van der Waals surface area contributed by atoms with E-state index in [4.69, 9.17) is 5.21 Å². The van der Waals surface area contributed by atoms with Crippen LogP contribution < -0.4 is 10.8 Å². The number of hydroxylamine groups is 1. The van der Waals surface area contributed by atoms with Gasteiger partial charge in [-0.3, -0.25) is 10.0 Å². The van der Waals surface area contributed by atoms with Crippen LogP contribution in [0.1, 0.15) is 49.7 Å². The standard InChI is InChI=1S/C22H30N2O2/c25-22(24-26)6-5-15-1-3-16(4-2-15)13-23-14-21-12-19-8-17-7-18(9-19)11-20(21)10-17/h1-6,17-21,23,26H,7-14H2,(H,24,25)/b6-5+. The number of hydrogen-bond donors (Lipinski definition) is 3. The number of rotatable bonds is 6. The number of carbonyl (C=O) groups excluding carboxylic acids is 1. The lowest BCUT2D eigenvalue weighted by molar-refractivity contribution is -0.124. The second-order valence-electron chi connectivity index (χ2n) is 8.71. The van der Waals surface area contributed by atoms with Gasteiger partial charge in [-0.2, -0.15) is 0 Å². The lowest BCUT2D eigenvalue weighted by Gasteiger charge is -2.39. The number of hydrogen-bond acceptors (Lipinski definition) is 3. The maximum atomic E-state index is 11.0. The second kappa shape index (κ2) is 7.93. The van der Waals surface area contributed by atoms with Crippen LogP contribution >= 0.6 is 0 Å². The van der Waals surface area contributed by atoms with E-state index in [1.165, 1.54) is 50.2 Å². The Kier molecular flexibility index (Phi) is 5.41. The van der Waals surface area contributed by atoms with Gasteiger partial charge in [-0.1, -0.05) is 24.3 Å². The first-order chi connectivity index (χ1) is 12.7. The zero-order valence-corrected chi connectivity index (χ0v) is 15.4. The van der Waals surface area contributed by atoms with E-state index in [2.05, 4.69) is 17.4 Å². The Morgan fingerprint density at radius 2 is 1.65 bits per heavy atom. The van der Waals surface area contributed by atoms with Gasteiger partial charge in [-0.25, -0.2) is 5.48 Å². The molecule has 0 heterocycles. The molecular weight excluding hydrogens is 324 g/mol. The zero-order valence-electron chi connectivity index (χ0n) is 15.4. The zero-order chi connectivity index (χ0) is 17.9. The molecular formula is C22H30N2O2. The van der Waals surface area contributed by atoms with Crippen LogP contribution in [0.2, 0.25) is 0 Å². The lowest BCUT2D eigenvalue weighted by atomic mass is 9.67. The first-order valence-corrected chi connectivity index (χ1v) is 10.1. The summed E-state index contributed by atoms with van der Waals surface area (Å²) in [6.45, 7) is 2.06. The highest BCUT2D eigenvalue weighted by molar-refractivity contribution is 5.90. The molecule has 4 bridgehead atoms. The van der Waals surface area contributed by atoms with E-state index in [1.54, 1.807) is 11.6 Å². The number of benzene rings is 1. The van der Waals surface area contributed by atoms with E-state index in [0.717, 1.165) is 48.2 Å². The van der Waals surface area contributed by atoms with Crippen molar-refractivity contribution in [2.24, 2.45) is 29.6 Å². The topological polar surface area (TPSA) is 61.4 Å². The summed E-state index contributed by atoms with van der Waals surface area (Å²) in [6, 6.07) is 8.21. The van der Waals surface area contributed by atoms with Crippen LogP contribution in [0.3, 0.4) is 0 Å². The minimum atomic E-state index is -0.512. The molecule has 3 atom stereocenters. The molecule has 1 aromatic carbocycles. The molecule has 0 spiro atoms. The third kappa shape index (κ3) is 4.18. The predicted octanol–water partition coefficient (Wildman–Crippen LogP) is 3.76. The molecule has 4 aliphatic rings. The Morgan fingerprint density at radius 1 is 1.00 bits per heavy atom. The van der Waals surface area contributed by atoms with Crippen LogP contribution in [0.25, 0.3) is 6.08 Å². The molecule has 4 nitrogen and oxygen atoms in total. The van der Waals surface area contributed by atoms with Crippen LogP contribution in [-0.4, -0.2) is 17.7 Å². The van der Waals surface area contributed by atoms with E-state index in [9.17, 15) is 4.79 Å². The molecule has 0 radical (unpaired) electrons. The van der Waals surface area contributed by atoms with Crippen molar-refractivity contribution in [2.75, 3.05) is 6.54 Å². The fraction of sp³-hybridized carbons (Fsp3) is 0.591.